The number of benzene rings is 3. The molecule has 1 fully saturated rings. The van der Waals surface area contributed by atoms with E-state index in [1.807, 2.05) is 50.9 Å². The van der Waals surface area contributed by atoms with Crippen LogP contribution in [0.4, 0.5) is 10.5 Å². The van der Waals surface area contributed by atoms with Crippen molar-refractivity contribution in [2.24, 2.45) is 0 Å². The third kappa shape index (κ3) is 18.1. The molecular formula is C49H70N4O16PS2+. The van der Waals surface area contributed by atoms with E-state index in [9.17, 15) is 27.4 Å². The molecule has 1 unspecified atom stereocenters. The SMILES string of the molecule is CN(CCSOOO)c1ccc2c(-c3cc(P(=O)(OCCCCCC(=O)OC(C)(C)C)OCCCCNC(=O)OC(C)(C)C)ccc3C(=O)N3CCOCC3)c3cc/c(=[N+](/C)CCS(=O)(=O)O)cc-3oc2c1. The van der Waals surface area contributed by atoms with Crippen molar-refractivity contribution in [1.82, 2.24) is 14.8 Å². The minimum atomic E-state index is -4.26. The first-order chi connectivity index (χ1) is 34.0. The van der Waals surface area contributed by atoms with Crippen molar-refractivity contribution in [2.75, 3.05) is 89.7 Å². The van der Waals surface area contributed by atoms with E-state index in [1.165, 1.54) is 0 Å². The Morgan fingerprint density at radius 1 is 0.889 bits per heavy atom. The molecular weight excluding hydrogens is 996 g/mol. The molecule has 0 aromatic heterocycles. The molecule has 5 rings (SSSR count). The molecule has 0 spiro atoms. The van der Waals surface area contributed by atoms with Gasteiger partial charge in [0.05, 0.1) is 37.8 Å². The Labute approximate surface area is 425 Å². The Morgan fingerprint density at radius 2 is 1.58 bits per heavy atom. The number of ether oxygens (including phenoxy) is 3. The van der Waals surface area contributed by atoms with Crippen molar-refractivity contribution in [3.8, 4) is 22.5 Å². The Morgan fingerprint density at radius 3 is 2.25 bits per heavy atom. The summed E-state index contributed by atoms with van der Waals surface area (Å²) in [5, 5.41) is 16.4. The molecule has 398 valence electrons. The van der Waals surface area contributed by atoms with Crippen molar-refractivity contribution in [1.29, 1.82) is 0 Å². The van der Waals surface area contributed by atoms with Crippen LogP contribution in [-0.4, -0.2) is 137 Å². The van der Waals surface area contributed by atoms with Gasteiger partial charge in [-0.2, -0.15) is 8.42 Å². The number of rotatable bonds is 25. The zero-order valence-electron chi connectivity index (χ0n) is 42.4. The lowest BCUT2D eigenvalue weighted by Crippen LogP contribution is -2.41. The quantitative estimate of drug-likeness (QED) is 0.00668. The normalized spacial score (nSPS) is 14.8. The Balaban J connectivity index is 1.63. The van der Waals surface area contributed by atoms with Gasteiger partial charge < -0.3 is 42.8 Å². The molecule has 23 heteroatoms. The largest absolute Gasteiger partial charge is 0.460 e. The summed E-state index contributed by atoms with van der Waals surface area (Å²) in [5.41, 5.74) is 1.74. The number of nitrogens with one attached hydrogen (secondary N) is 1. The number of hydrogen-bond acceptors (Lipinski definition) is 17. The van der Waals surface area contributed by atoms with Gasteiger partial charge in [-0.3, -0.25) is 18.7 Å². The number of esters is 1. The molecule has 2 heterocycles. The number of amides is 2. The fourth-order valence-electron chi connectivity index (χ4n) is 7.63. The minimum absolute atomic E-state index is 0.00633. The van der Waals surface area contributed by atoms with E-state index in [4.69, 9.17) is 32.9 Å². The Hall–Kier alpha value is -4.61. The molecule has 2 aromatic rings. The molecule has 2 aliphatic heterocycles. The number of alkyl carbamates (subject to hydrolysis) is 1. The van der Waals surface area contributed by atoms with Gasteiger partial charge in [-0.1, -0.05) is 11.5 Å². The van der Waals surface area contributed by atoms with Crippen molar-refractivity contribution in [3.63, 3.8) is 0 Å². The van der Waals surface area contributed by atoms with Crippen LogP contribution >= 0.6 is 19.6 Å². The van der Waals surface area contributed by atoms with E-state index in [0.717, 1.165) is 17.7 Å². The van der Waals surface area contributed by atoms with Crippen LogP contribution in [0.5, 0.6) is 0 Å². The molecule has 72 heavy (non-hydrogen) atoms. The van der Waals surface area contributed by atoms with E-state index < -0.39 is 40.8 Å². The molecule has 0 radical (unpaired) electrons. The monoisotopic (exact) mass is 1070 g/mol. The summed E-state index contributed by atoms with van der Waals surface area (Å²) < 4.78 is 90.1. The smallest absolute Gasteiger partial charge is 0.407 e. The number of unbranched alkanes of at least 4 members (excludes halogenated alkanes) is 3. The van der Waals surface area contributed by atoms with E-state index in [2.05, 4.69) is 14.7 Å². The lowest BCUT2D eigenvalue weighted by atomic mass is 9.90. The van der Waals surface area contributed by atoms with Gasteiger partial charge in [0.1, 0.15) is 35.3 Å². The molecule has 20 nitrogen and oxygen atoms in total. The number of morpholine rings is 1. The maximum Gasteiger partial charge on any atom is 0.407 e. The van der Waals surface area contributed by atoms with Gasteiger partial charge in [-0.15, -0.1) is 4.33 Å². The highest BCUT2D eigenvalue weighted by Crippen LogP contribution is 2.50. The van der Waals surface area contributed by atoms with Gasteiger partial charge in [0.2, 0.25) is 5.36 Å². The average molecular weight is 1070 g/mol. The molecule has 1 saturated heterocycles. The lowest BCUT2D eigenvalue weighted by molar-refractivity contribution is -0.432. The standard InChI is InChI=1S/C49H69N4O16PS2/c1-48(2,3)66-44(54)14-10-9-12-26-63-70(58,64-27-13-11-21-50-47(56)67-49(4,5)6)37-17-20-38(46(55)53-22-28-62-29-23-53)41(34-37)45-39-18-15-35(51(7)24-30-71-69-68-57)32-42(39)65-43-33-36(16-19-40(43)45)52(8)25-31-72(59,60)61/h15-20,32-34H,9-14,21-31H2,1-8H3,(H2-,50,56,57,59,60,61)/p+1. The molecule has 1 atom stereocenters. The summed E-state index contributed by atoms with van der Waals surface area (Å²) in [6.07, 6.45) is 2.08. The van der Waals surface area contributed by atoms with Gasteiger partial charge in [0.15, 0.2) is 6.54 Å². The van der Waals surface area contributed by atoms with Crippen LogP contribution in [0.3, 0.4) is 0 Å². The second-order valence-electron chi connectivity index (χ2n) is 19.3. The number of nitrogens with zero attached hydrogens (tertiary/aromatic N) is 3. The molecule has 3 N–H and O–H groups in total. The van der Waals surface area contributed by atoms with E-state index in [1.54, 1.807) is 73.7 Å². The highest BCUT2D eigenvalue weighted by molar-refractivity contribution is 7.94. The highest BCUT2D eigenvalue weighted by Gasteiger charge is 2.33. The Bertz CT molecular complexity index is 2630. The van der Waals surface area contributed by atoms with Crippen LogP contribution in [-0.2, 0) is 52.1 Å². The second kappa shape index (κ2) is 26.6. The predicted octanol–water partition coefficient (Wildman–Crippen LogP) is 7.53. The van der Waals surface area contributed by atoms with Crippen molar-refractivity contribution in [2.45, 2.75) is 91.3 Å². The fourth-order valence-corrected chi connectivity index (χ4v) is 10.3. The third-order valence-electron chi connectivity index (χ3n) is 11.2. The fraction of sp³-hybridized carbons (Fsp3) is 0.551. The van der Waals surface area contributed by atoms with Gasteiger partial charge in [0.25, 0.3) is 16.0 Å². The summed E-state index contributed by atoms with van der Waals surface area (Å²) in [6, 6.07) is 15.8. The van der Waals surface area contributed by atoms with Crippen LogP contribution in [0.1, 0.15) is 90.4 Å². The zero-order valence-corrected chi connectivity index (χ0v) is 45.0. The summed E-state index contributed by atoms with van der Waals surface area (Å²) in [7, 11) is -4.90. The van der Waals surface area contributed by atoms with Crippen LogP contribution in [0.25, 0.3) is 33.4 Å². The second-order valence-corrected chi connectivity index (χ2v) is 23.6. The lowest BCUT2D eigenvalue weighted by Gasteiger charge is -2.28. The Kier molecular flexibility index (Phi) is 21.5. The van der Waals surface area contributed by atoms with Gasteiger partial charge in [-0.05, 0) is 109 Å². The number of hydrogen-bond donors (Lipinski definition) is 3. The van der Waals surface area contributed by atoms with Crippen LogP contribution in [0.15, 0.2) is 59.0 Å². The van der Waals surface area contributed by atoms with E-state index in [0.29, 0.717) is 115 Å². The van der Waals surface area contributed by atoms with Gasteiger partial charge >= 0.3 is 19.7 Å². The first kappa shape index (κ1) is 58.3. The summed E-state index contributed by atoms with van der Waals surface area (Å²) in [4.78, 5) is 43.0. The summed E-state index contributed by atoms with van der Waals surface area (Å²) >= 11 is 0.912. The molecule has 2 amide bonds. The van der Waals surface area contributed by atoms with Gasteiger partial charge in [0, 0.05) is 97.3 Å². The predicted molar refractivity (Wildman–Crippen MR) is 275 cm³/mol. The van der Waals surface area contributed by atoms with Crippen molar-refractivity contribution >= 4 is 69.7 Å². The number of carbonyl (C=O) groups excluding carboxylic acids is 3. The maximum atomic E-state index is 15.4. The first-order valence-corrected chi connectivity index (χ1v) is 27.9. The molecule has 0 bridgehead atoms. The molecule has 2 aromatic carbocycles. The van der Waals surface area contributed by atoms with Crippen LogP contribution in [0, 0.1) is 0 Å². The van der Waals surface area contributed by atoms with Crippen molar-refractivity contribution < 1.29 is 74.2 Å². The average Bonchev–Trinajstić information content (AvgIpc) is 3.31. The van der Waals surface area contributed by atoms with Crippen molar-refractivity contribution in [3.05, 3.63) is 65.5 Å². The van der Waals surface area contributed by atoms with Gasteiger partial charge in [-0.25, -0.2) is 14.6 Å². The zero-order chi connectivity index (χ0) is 52.7. The molecule has 3 aliphatic rings. The minimum Gasteiger partial charge on any atom is -0.460 e. The number of fused-ring (bicyclic) bond motifs is 2. The number of carbonyl (C=O) groups is 3. The summed E-state index contributed by atoms with van der Waals surface area (Å²) in [5.74, 6) is -0.313. The van der Waals surface area contributed by atoms with Crippen LogP contribution < -0.4 is 25.5 Å². The highest BCUT2D eigenvalue weighted by atomic mass is 32.2. The maximum absolute atomic E-state index is 15.4. The first-order valence-electron chi connectivity index (χ1n) is 23.9. The summed E-state index contributed by atoms with van der Waals surface area (Å²) in [6.45, 7) is 12.9. The van der Waals surface area contributed by atoms with E-state index >= 15 is 4.57 Å². The number of anilines is 1. The topological polar surface area (TPSA) is 242 Å². The molecule has 0 saturated carbocycles. The van der Waals surface area contributed by atoms with E-state index in [-0.39, 0.29) is 49.9 Å². The molecule has 1 aliphatic carbocycles. The van der Waals surface area contributed by atoms with Crippen LogP contribution in [0.2, 0.25) is 0 Å². The third-order valence-corrected chi connectivity index (χ3v) is 14.3.